The van der Waals surface area contributed by atoms with Crippen LogP contribution in [0.4, 0.5) is 0 Å². The second-order valence-corrected chi connectivity index (χ2v) is 13.4. The van der Waals surface area contributed by atoms with E-state index < -0.39 is 0 Å². The summed E-state index contributed by atoms with van der Waals surface area (Å²) < 4.78 is 5.61. The third-order valence-electron chi connectivity index (χ3n) is 10.9. The smallest absolute Gasteiger partial charge is 0.302 e. The van der Waals surface area contributed by atoms with Crippen molar-refractivity contribution in [2.75, 3.05) is 0 Å². The summed E-state index contributed by atoms with van der Waals surface area (Å²) in [4.78, 5) is 11.5. The van der Waals surface area contributed by atoms with Crippen molar-refractivity contribution < 1.29 is 9.53 Å². The minimum atomic E-state index is -0.115. The third-order valence-corrected chi connectivity index (χ3v) is 10.9. The lowest BCUT2D eigenvalue weighted by atomic mass is 9.47. The Morgan fingerprint density at radius 1 is 1.03 bits per heavy atom. The molecule has 0 aromatic carbocycles. The lowest BCUT2D eigenvalue weighted by Gasteiger charge is -2.58. The van der Waals surface area contributed by atoms with Crippen LogP contribution in [0.1, 0.15) is 126 Å². The SMILES string of the molecule is C/C=C\C.CC(=O)OC1CCC2(C)C(=CCC3C2CCC2(C)C(C(C)CCCC(C)C)CCC32)C1. The van der Waals surface area contributed by atoms with Crippen molar-refractivity contribution in [3.63, 3.8) is 0 Å². The summed E-state index contributed by atoms with van der Waals surface area (Å²) >= 11 is 0. The van der Waals surface area contributed by atoms with Crippen LogP contribution < -0.4 is 0 Å². The van der Waals surface area contributed by atoms with Crippen LogP contribution in [0, 0.1) is 46.3 Å². The Balaban J connectivity index is 0.000000795. The third kappa shape index (κ3) is 6.10. The van der Waals surface area contributed by atoms with E-state index in [4.69, 9.17) is 4.74 Å². The maximum Gasteiger partial charge on any atom is 0.302 e. The number of carbonyl (C=O) groups excluding carboxylic acids is 1. The van der Waals surface area contributed by atoms with Gasteiger partial charge in [0.15, 0.2) is 0 Å². The van der Waals surface area contributed by atoms with Crippen LogP contribution in [-0.2, 0) is 9.53 Å². The summed E-state index contributed by atoms with van der Waals surface area (Å²) in [7, 11) is 0. The standard InChI is InChI=1S/C29H48O2.C4H8/c1-19(2)8-7-9-20(3)25-12-13-26-24-11-10-22-18-23(31-21(4)30)14-16-28(22,5)27(24)15-17-29(25,26)6;1-3-4-2/h10,19-20,23-27H,7-9,11-18H2,1-6H3;3-4H,1-2H3/b;4-3-. The topological polar surface area (TPSA) is 26.3 Å². The normalized spacial score (nSPS) is 39.1. The number of esters is 1. The van der Waals surface area contributed by atoms with Gasteiger partial charge in [-0.2, -0.15) is 0 Å². The molecule has 35 heavy (non-hydrogen) atoms. The van der Waals surface area contributed by atoms with Gasteiger partial charge < -0.3 is 4.74 Å². The fourth-order valence-electron chi connectivity index (χ4n) is 8.99. The summed E-state index contributed by atoms with van der Waals surface area (Å²) in [6.45, 7) is 18.1. The van der Waals surface area contributed by atoms with Gasteiger partial charge in [0.05, 0.1) is 0 Å². The maximum atomic E-state index is 11.5. The molecule has 4 aliphatic rings. The van der Waals surface area contributed by atoms with E-state index in [1.165, 1.54) is 57.8 Å². The first-order chi connectivity index (χ1) is 16.6. The Labute approximate surface area is 217 Å². The molecule has 0 saturated heterocycles. The zero-order valence-corrected chi connectivity index (χ0v) is 24.4. The molecule has 0 radical (unpaired) electrons. The van der Waals surface area contributed by atoms with E-state index in [-0.39, 0.29) is 12.1 Å². The number of fused-ring (bicyclic) bond motifs is 5. The summed E-state index contributed by atoms with van der Waals surface area (Å²) in [6, 6.07) is 0. The van der Waals surface area contributed by atoms with Gasteiger partial charge in [0.25, 0.3) is 0 Å². The first kappa shape index (κ1) is 28.5. The number of carbonyl (C=O) groups is 1. The van der Waals surface area contributed by atoms with Gasteiger partial charge in [-0.25, -0.2) is 0 Å². The van der Waals surface area contributed by atoms with Crippen LogP contribution >= 0.6 is 0 Å². The molecule has 3 fully saturated rings. The zero-order valence-electron chi connectivity index (χ0n) is 24.4. The van der Waals surface area contributed by atoms with Gasteiger partial charge in [-0.3, -0.25) is 4.79 Å². The highest BCUT2D eigenvalue weighted by molar-refractivity contribution is 5.66. The number of allylic oxidation sites excluding steroid dienone is 3. The lowest BCUT2D eigenvalue weighted by Crippen LogP contribution is -2.51. The van der Waals surface area contributed by atoms with Crippen molar-refractivity contribution in [2.45, 2.75) is 132 Å². The van der Waals surface area contributed by atoms with Gasteiger partial charge >= 0.3 is 5.97 Å². The van der Waals surface area contributed by atoms with Crippen LogP contribution in [-0.4, -0.2) is 12.1 Å². The molecular weight excluding hydrogens is 428 g/mol. The highest BCUT2D eigenvalue weighted by Crippen LogP contribution is 2.67. The van der Waals surface area contributed by atoms with Gasteiger partial charge in [-0.05, 0) is 105 Å². The van der Waals surface area contributed by atoms with Crippen LogP contribution in [0.3, 0.4) is 0 Å². The molecule has 4 aliphatic carbocycles. The van der Waals surface area contributed by atoms with Gasteiger partial charge in [0.2, 0.25) is 0 Å². The molecule has 8 unspecified atom stereocenters. The Morgan fingerprint density at radius 3 is 2.37 bits per heavy atom. The Kier molecular flexibility index (Phi) is 9.78. The second kappa shape index (κ2) is 12.0. The molecule has 0 aliphatic heterocycles. The Morgan fingerprint density at radius 2 is 1.74 bits per heavy atom. The van der Waals surface area contributed by atoms with Crippen LogP contribution in [0.15, 0.2) is 23.8 Å². The predicted octanol–water partition coefficient (Wildman–Crippen LogP) is 9.54. The monoisotopic (exact) mass is 484 g/mol. The molecule has 200 valence electrons. The zero-order chi connectivity index (χ0) is 25.8. The summed E-state index contributed by atoms with van der Waals surface area (Å²) in [6.07, 6.45) is 21.2. The maximum absolute atomic E-state index is 11.5. The molecule has 2 heteroatoms. The first-order valence-corrected chi connectivity index (χ1v) is 15.0. The first-order valence-electron chi connectivity index (χ1n) is 15.0. The molecule has 0 N–H and O–H groups in total. The fourth-order valence-corrected chi connectivity index (χ4v) is 8.99. The van der Waals surface area contributed by atoms with Crippen molar-refractivity contribution in [3.05, 3.63) is 23.8 Å². The predicted molar refractivity (Wildman–Crippen MR) is 149 cm³/mol. The van der Waals surface area contributed by atoms with Gasteiger partial charge in [-0.15, -0.1) is 0 Å². The minimum absolute atomic E-state index is 0.115. The minimum Gasteiger partial charge on any atom is -0.462 e. The Bertz CT molecular complexity index is 759. The molecule has 0 amide bonds. The van der Waals surface area contributed by atoms with E-state index in [1.54, 1.807) is 12.5 Å². The second-order valence-electron chi connectivity index (χ2n) is 13.4. The Hall–Kier alpha value is -1.05. The molecule has 2 nitrogen and oxygen atoms in total. The van der Waals surface area contributed by atoms with E-state index in [9.17, 15) is 4.79 Å². The largest absolute Gasteiger partial charge is 0.462 e. The van der Waals surface area contributed by atoms with Crippen LogP contribution in [0.5, 0.6) is 0 Å². The van der Waals surface area contributed by atoms with E-state index in [2.05, 4.69) is 40.7 Å². The van der Waals surface area contributed by atoms with E-state index >= 15 is 0 Å². The van der Waals surface area contributed by atoms with Crippen molar-refractivity contribution >= 4 is 5.97 Å². The van der Waals surface area contributed by atoms with Gasteiger partial charge in [0.1, 0.15) is 6.10 Å². The van der Waals surface area contributed by atoms with E-state index in [0.717, 1.165) is 48.3 Å². The molecule has 0 spiro atoms. The molecule has 0 aromatic rings. The summed E-state index contributed by atoms with van der Waals surface area (Å²) in [5.41, 5.74) is 2.53. The number of rotatable bonds is 6. The van der Waals surface area contributed by atoms with Crippen LogP contribution in [0.2, 0.25) is 0 Å². The molecule has 0 aromatic heterocycles. The van der Waals surface area contributed by atoms with Gasteiger partial charge in [0, 0.05) is 13.3 Å². The van der Waals surface area contributed by atoms with E-state index in [0.29, 0.717) is 10.8 Å². The molecule has 4 rings (SSSR count). The van der Waals surface area contributed by atoms with E-state index in [1.807, 2.05) is 26.0 Å². The highest BCUT2D eigenvalue weighted by atomic mass is 16.5. The van der Waals surface area contributed by atoms with Crippen LogP contribution in [0.25, 0.3) is 0 Å². The van der Waals surface area contributed by atoms with Crippen molar-refractivity contribution in [2.24, 2.45) is 46.3 Å². The lowest BCUT2D eigenvalue weighted by molar-refractivity contribution is -0.148. The van der Waals surface area contributed by atoms with Crippen molar-refractivity contribution in [1.29, 1.82) is 0 Å². The number of hydrogen-bond acceptors (Lipinski definition) is 2. The van der Waals surface area contributed by atoms with Crippen molar-refractivity contribution in [3.8, 4) is 0 Å². The summed E-state index contributed by atoms with van der Waals surface area (Å²) in [5, 5.41) is 0. The average molecular weight is 485 g/mol. The van der Waals surface area contributed by atoms with Crippen molar-refractivity contribution in [1.82, 2.24) is 0 Å². The molecule has 0 heterocycles. The molecule has 0 bridgehead atoms. The fraction of sp³-hybridized carbons (Fsp3) is 0.848. The summed E-state index contributed by atoms with van der Waals surface area (Å²) in [5.74, 6) is 5.19. The molecule has 8 atom stereocenters. The number of ether oxygens (including phenoxy) is 1. The van der Waals surface area contributed by atoms with Gasteiger partial charge in [-0.1, -0.05) is 77.7 Å². The quantitative estimate of drug-likeness (QED) is 0.277. The highest BCUT2D eigenvalue weighted by Gasteiger charge is 2.59. The molecule has 3 saturated carbocycles. The molecular formula is C33H56O2. The number of hydrogen-bond donors (Lipinski definition) is 0. The average Bonchev–Trinajstić information content (AvgIpc) is 3.16.